The number of carbonyl (C=O) groups excluding carboxylic acids is 1. The number of hydrogen-bond acceptors (Lipinski definition) is 5. The molecule has 1 saturated heterocycles. The minimum atomic E-state index is -3.64. The normalized spacial score (nSPS) is 14.9. The molecule has 0 aliphatic carbocycles. The van der Waals surface area contributed by atoms with Gasteiger partial charge in [-0.25, -0.2) is 8.42 Å². The van der Waals surface area contributed by atoms with E-state index in [2.05, 4.69) is 5.32 Å². The summed E-state index contributed by atoms with van der Waals surface area (Å²) in [4.78, 5) is 12.8. The summed E-state index contributed by atoms with van der Waals surface area (Å²) in [6.45, 7) is 1.03. The van der Waals surface area contributed by atoms with Crippen LogP contribution in [0.1, 0.15) is 29.6 Å². The standard InChI is InChI=1S/C22H22N2O4S2/c25-22(17-11-14-29-16-17)23-20-15-19(30(26,27)24-12-5-2-6-13-24)9-10-21(20)28-18-7-3-1-4-8-18/h1,3-4,7-11,14-16H,2,5-6,12-13H2,(H,23,25). The summed E-state index contributed by atoms with van der Waals surface area (Å²) in [5, 5.41) is 6.36. The lowest BCUT2D eigenvalue weighted by molar-refractivity contribution is 0.102. The van der Waals surface area contributed by atoms with Crippen LogP contribution < -0.4 is 10.1 Å². The molecule has 0 bridgehead atoms. The first-order chi connectivity index (χ1) is 14.5. The van der Waals surface area contributed by atoms with Crippen molar-refractivity contribution in [3.05, 3.63) is 70.9 Å². The number of anilines is 1. The van der Waals surface area contributed by atoms with Gasteiger partial charge < -0.3 is 10.1 Å². The number of hydrogen-bond donors (Lipinski definition) is 1. The molecule has 0 saturated carbocycles. The predicted octanol–water partition coefficient (Wildman–Crippen LogP) is 4.97. The highest BCUT2D eigenvalue weighted by molar-refractivity contribution is 7.89. The Balaban J connectivity index is 1.68. The van der Waals surface area contributed by atoms with Crippen LogP contribution in [0, 0.1) is 0 Å². The van der Waals surface area contributed by atoms with E-state index in [9.17, 15) is 13.2 Å². The lowest BCUT2D eigenvalue weighted by Gasteiger charge is -2.26. The molecule has 3 aromatic rings. The van der Waals surface area contributed by atoms with E-state index in [4.69, 9.17) is 4.74 Å². The molecule has 1 fully saturated rings. The van der Waals surface area contributed by atoms with Crippen LogP contribution in [0.4, 0.5) is 5.69 Å². The molecular weight excluding hydrogens is 420 g/mol. The smallest absolute Gasteiger partial charge is 0.256 e. The molecule has 1 N–H and O–H groups in total. The van der Waals surface area contributed by atoms with Crippen molar-refractivity contribution < 1.29 is 17.9 Å². The monoisotopic (exact) mass is 442 g/mol. The number of para-hydroxylation sites is 1. The van der Waals surface area contributed by atoms with Gasteiger partial charge in [-0.1, -0.05) is 24.6 Å². The predicted molar refractivity (Wildman–Crippen MR) is 118 cm³/mol. The van der Waals surface area contributed by atoms with Gasteiger partial charge in [0.1, 0.15) is 5.75 Å². The van der Waals surface area contributed by atoms with E-state index in [1.807, 2.05) is 23.6 Å². The highest BCUT2D eigenvalue weighted by Crippen LogP contribution is 2.33. The van der Waals surface area contributed by atoms with Crippen LogP contribution >= 0.6 is 11.3 Å². The zero-order valence-corrected chi connectivity index (χ0v) is 17.9. The molecule has 8 heteroatoms. The molecular formula is C22H22N2O4S2. The van der Waals surface area contributed by atoms with Gasteiger partial charge in [-0.2, -0.15) is 15.6 Å². The molecule has 2 aromatic carbocycles. The summed E-state index contributed by atoms with van der Waals surface area (Å²) in [5.74, 6) is 0.652. The van der Waals surface area contributed by atoms with Crippen LogP contribution in [0.15, 0.2) is 70.3 Å². The van der Waals surface area contributed by atoms with Crippen molar-refractivity contribution in [2.24, 2.45) is 0 Å². The van der Waals surface area contributed by atoms with E-state index in [-0.39, 0.29) is 10.8 Å². The summed E-state index contributed by atoms with van der Waals surface area (Å²) >= 11 is 1.42. The van der Waals surface area contributed by atoms with Crippen molar-refractivity contribution in [1.29, 1.82) is 0 Å². The molecule has 30 heavy (non-hydrogen) atoms. The van der Waals surface area contributed by atoms with Gasteiger partial charge in [-0.15, -0.1) is 0 Å². The second-order valence-corrected chi connectivity index (χ2v) is 9.72. The third-order valence-corrected chi connectivity index (χ3v) is 7.48. The van der Waals surface area contributed by atoms with Gasteiger partial charge in [-0.3, -0.25) is 4.79 Å². The number of rotatable bonds is 6. The number of benzene rings is 2. The Morgan fingerprint density at radius 2 is 1.77 bits per heavy atom. The van der Waals surface area contributed by atoms with Gasteiger partial charge >= 0.3 is 0 Å². The van der Waals surface area contributed by atoms with Crippen LogP contribution in [0.3, 0.4) is 0 Å². The Bertz CT molecular complexity index is 1110. The Hall–Kier alpha value is -2.68. The van der Waals surface area contributed by atoms with Gasteiger partial charge in [0.05, 0.1) is 16.1 Å². The molecule has 1 aromatic heterocycles. The molecule has 6 nitrogen and oxygen atoms in total. The first-order valence-electron chi connectivity index (χ1n) is 9.75. The maximum Gasteiger partial charge on any atom is 0.256 e. The molecule has 2 heterocycles. The SMILES string of the molecule is O=C(Nc1cc(S(=O)(=O)N2CCCCC2)ccc1Oc1ccccc1)c1ccsc1. The van der Waals surface area contributed by atoms with Crippen LogP contribution in [0.5, 0.6) is 11.5 Å². The van der Waals surface area contributed by atoms with Gasteiger partial charge in [0.2, 0.25) is 10.0 Å². The number of thiophene rings is 1. The molecule has 0 radical (unpaired) electrons. The van der Waals surface area contributed by atoms with E-state index in [0.29, 0.717) is 35.8 Å². The third-order valence-electron chi connectivity index (χ3n) is 4.91. The fourth-order valence-corrected chi connectivity index (χ4v) is 5.49. The summed E-state index contributed by atoms with van der Waals surface area (Å²) < 4.78 is 33.6. The topological polar surface area (TPSA) is 75.7 Å². The average molecular weight is 443 g/mol. The van der Waals surface area contributed by atoms with Gasteiger partial charge in [-0.05, 0) is 54.6 Å². The second kappa shape index (κ2) is 8.99. The summed E-state index contributed by atoms with van der Waals surface area (Å²) in [7, 11) is -3.64. The van der Waals surface area contributed by atoms with Gasteiger partial charge in [0.15, 0.2) is 5.75 Å². The number of nitrogens with zero attached hydrogens (tertiary/aromatic N) is 1. The highest BCUT2D eigenvalue weighted by Gasteiger charge is 2.27. The maximum atomic E-state index is 13.1. The molecule has 1 amide bonds. The minimum absolute atomic E-state index is 0.144. The summed E-state index contributed by atoms with van der Waals surface area (Å²) in [6.07, 6.45) is 2.75. The zero-order chi connectivity index (χ0) is 21.0. The molecule has 4 rings (SSSR count). The van der Waals surface area contributed by atoms with Gasteiger partial charge in [0.25, 0.3) is 5.91 Å². The Morgan fingerprint density at radius 1 is 1.00 bits per heavy atom. The number of ether oxygens (including phenoxy) is 1. The number of carbonyl (C=O) groups is 1. The lowest BCUT2D eigenvalue weighted by atomic mass is 10.2. The fourth-order valence-electron chi connectivity index (χ4n) is 3.31. The first-order valence-corrected chi connectivity index (χ1v) is 12.1. The largest absolute Gasteiger partial charge is 0.455 e. The maximum absolute atomic E-state index is 13.1. The van der Waals surface area contributed by atoms with Crippen molar-refractivity contribution >= 4 is 33.0 Å². The fraction of sp³-hybridized carbons (Fsp3) is 0.227. The van der Waals surface area contributed by atoms with E-state index < -0.39 is 10.0 Å². The van der Waals surface area contributed by atoms with Crippen molar-refractivity contribution in [3.8, 4) is 11.5 Å². The van der Waals surface area contributed by atoms with E-state index in [1.54, 1.807) is 29.6 Å². The van der Waals surface area contributed by atoms with Crippen LogP contribution in [-0.2, 0) is 10.0 Å². The second-order valence-electron chi connectivity index (χ2n) is 7.00. The van der Waals surface area contributed by atoms with Crippen molar-refractivity contribution in [1.82, 2.24) is 4.31 Å². The van der Waals surface area contributed by atoms with E-state index in [0.717, 1.165) is 19.3 Å². The Labute approximate surface area is 180 Å². The van der Waals surface area contributed by atoms with Crippen molar-refractivity contribution in [2.45, 2.75) is 24.2 Å². The highest BCUT2D eigenvalue weighted by atomic mass is 32.2. The molecule has 1 aliphatic heterocycles. The minimum Gasteiger partial charge on any atom is -0.455 e. The van der Waals surface area contributed by atoms with E-state index in [1.165, 1.54) is 27.8 Å². The van der Waals surface area contributed by atoms with E-state index >= 15 is 0 Å². The third kappa shape index (κ3) is 4.56. The number of nitrogens with one attached hydrogen (secondary N) is 1. The van der Waals surface area contributed by atoms with Crippen LogP contribution in [0.2, 0.25) is 0 Å². The Morgan fingerprint density at radius 3 is 2.47 bits per heavy atom. The number of piperidine rings is 1. The van der Waals surface area contributed by atoms with Crippen LogP contribution in [-0.4, -0.2) is 31.7 Å². The zero-order valence-electron chi connectivity index (χ0n) is 16.3. The summed E-state index contributed by atoms with van der Waals surface area (Å²) in [5.41, 5.74) is 0.822. The van der Waals surface area contributed by atoms with Crippen molar-refractivity contribution in [2.75, 3.05) is 18.4 Å². The Kier molecular flexibility index (Phi) is 6.17. The van der Waals surface area contributed by atoms with Crippen LogP contribution in [0.25, 0.3) is 0 Å². The lowest BCUT2D eigenvalue weighted by Crippen LogP contribution is -2.35. The molecule has 0 atom stereocenters. The summed E-state index contributed by atoms with van der Waals surface area (Å²) in [6, 6.07) is 15.5. The van der Waals surface area contributed by atoms with Crippen molar-refractivity contribution in [3.63, 3.8) is 0 Å². The molecule has 156 valence electrons. The van der Waals surface area contributed by atoms with Gasteiger partial charge in [0, 0.05) is 18.5 Å². The first kappa shape index (κ1) is 20.6. The molecule has 1 aliphatic rings. The quantitative estimate of drug-likeness (QED) is 0.585. The number of sulfonamides is 1. The number of amides is 1. The molecule has 0 spiro atoms. The average Bonchev–Trinajstić information content (AvgIpc) is 3.31. The molecule has 0 unspecified atom stereocenters.